The van der Waals surface area contributed by atoms with E-state index in [1.165, 1.54) is 13.3 Å². The Balaban J connectivity index is 1.55. The molecule has 148 valence electrons. The van der Waals surface area contributed by atoms with Crippen LogP contribution in [0.5, 0.6) is 11.6 Å². The van der Waals surface area contributed by atoms with Crippen molar-refractivity contribution in [3.05, 3.63) is 53.7 Å². The molecule has 7 heteroatoms. The Kier molecular flexibility index (Phi) is 6.47. The summed E-state index contributed by atoms with van der Waals surface area (Å²) in [6.07, 6.45) is 3.94. The maximum absolute atomic E-state index is 12.6. The summed E-state index contributed by atoms with van der Waals surface area (Å²) in [7, 11) is 3.14. The van der Waals surface area contributed by atoms with E-state index in [9.17, 15) is 9.59 Å². The minimum atomic E-state index is -0.228. The van der Waals surface area contributed by atoms with E-state index in [4.69, 9.17) is 9.47 Å². The number of amides is 2. The molecule has 0 bridgehead atoms. The summed E-state index contributed by atoms with van der Waals surface area (Å²) in [6.45, 7) is 0.447. The number of nitrogens with zero attached hydrogens (tertiary/aromatic N) is 1. The number of hydrogen-bond donors (Lipinski definition) is 2. The average molecular weight is 383 g/mol. The van der Waals surface area contributed by atoms with E-state index in [0.29, 0.717) is 18.0 Å². The minimum Gasteiger partial charge on any atom is -0.497 e. The van der Waals surface area contributed by atoms with E-state index in [0.717, 1.165) is 30.6 Å². The maximum atomic E-state index is 12.6. The van der Waals surface area contributed by atoms with Gasteiger partial charge in [-0.05, 0) is 36.6 Å². The summed E-state index contributed by atoms with van der Waals surface area (Å²) in [6, 6.07) is 10.7. The van der Waals surface area contributed by atoms with Crippen LogP contribution < -0.4 is 20.1 Å². The zero-order valence-electron chi connectivity index (χ0n) is 16.1. The zero-order valence-corrected chi connectivity index (χ0v) is 16.1. The molecular weight excluding hydrogens is 358 g/mol. The summed E-state index contributed by atoms with van der Waals surface area (Å²) >= 11 is 0. The van der Waals surface area contributed by atoms with Crippen LogP contribution in [0, 0.1) is 5.92 Å². The second kappa shape index (κ2) is 9.21. The van der Waals surface area contributed by atoms with Gasteiger partial charge in [0.2, 0.25) is 11.8 Å². The topological polar surface area (TPSA) is 89.6 Å². The lowest BCUT2D eigenvalue weighted by molar-refractivity contribution is -0.125. The predicted octanol–water partition coefficient (Wildman–Crippen LogP) is 2.31. The largest absolute Gasteiger partial charge is 0.497 e. The number of ether oxygens (including phenoxy) is 2. The Morgan fingerprint density at radius 3 is 2.50 bits per heavy atom. The highest BCUT2D eigenvalue weighted by Gasteiger charge is 2.34. The van der Waals surface area contributed by atoms with Crippen LogP contribution in [0.15, 0.2) is 42.6 Å². The highest BCUT2D eigenvalue weighted by molar-refractivity contribution is 5.94. The van der Waals surface area contributed by atoms with Gasteiger partial charge in [-0.25, -0.2) is 4.98 Å². The summed E-state index contributed by atoms with van der Waals surface area (Å²) in [4.78, 5) is 29.2. The smallest absolute Gasteiger partial charge is 0.253 e. The molecule has 2 N–H and O–H groups in total. The van der Waals surface area contributed by atoms with E-state index in [1.54, 1.807) is 19.2 Å². The molecule has 1 aromatic carbocycles. The first-order valence-electron chi connectivity index (χ1n) is 9.32. The van der Waals surface area contributed by atoms with Gasteiger partial charge in [0, 0.05) is 24.8 Å². The lowest BCUT2D eigenvalue weighted by Gasteiger charge is -2.20. The van der Waals surface area contributed by atoms with Crippen molar-refractivity contribution < 1.29 is 19.1 Å². The summed E-state index contributed by atoms with van der Waals surface area (Å²) < 4.78 is 10.1. The molecule has 7 nitrogen and oxygen atoms in total. The summed E-state index contributed by atoms with van der Waals surface area (Å²) in [5, 5.41) is 5.96. The van der Waals surface area contributed by atoms with Crippen LogP contribution in [0.1, 0.15) is 35.2 Å². The summed E-state index contributed by atoms with van der Waals surface area (Å²) in [5.41, 5.74) is 1.45. The third-order valence-electron chi connectivity index (χ3n) is 5.00. The fourth-order valence-corrected chi connectivity index (χ4v) is 3.40. The first-order valence-corrected chi connectivity index (χ1v) is 9.32. The molecule has 28 heavy (non-hydrogen) atoms. The molecule has 2 amide bonds. The SMILES string of the molecule is COc1ccc(CNC(=O)[C@H]2CCC[C@H]2NC(=O)c2ccc(OC)nc2)cc1. The molecule has 2 atom stereocenters. The van der Waals surface area contributed by atoms with Crippen LogP contribution >= 0.6 is 0 Å². The molecule has 0 radical (unpaired) electrons. The molecule has 1 aliphatic carbocycles. The number of nitrogens with one attached hydrogen (secondary N) is 2. The van der Waals surface area contributed by atoms with Crippen LogP contribution in [0.4, 0.5) is 0 Å². The van der Waals surface area contributed by atoms with Crippen molar-refractivity contribution in [2.45, 2.75) is 31.8 Å². The van der Waals surface area contributed by atoms with Gasteiger partial charge in [-0.15, -0.1) is 0 Å². The van der Waals surface area contributed by atoms with Gasteiger partial charge in [0.15, 0.2) is 0 Å². The molecule has 1 aromatic heterocycles. The molecule has 1 aliphatic rings. The molecule has 1 saturated carbocycles. The molecular formula is C21H25N3O4. The minimum absolute atomic E-state index is 0.0357. The maximum Gasteiger partial charge on any atom is 0.253 e. The van der Waals surface area contributed by atoms with Gasteiger partial charge in [-0.2, -0.15) is 0 Å². The molecule has 0 aliphatic heterocycles. The normalized spacial score (nSPS) is 18.4. The van der Waals surface area contributed by atoms with E-state index in [1.807, 2.05) is 24.3 Å². The highest BCUT2D eigenvalue weighted by Crippen LogP contribution is 2.26. The van der Waals surface area contributed by atoms with Crippen LogP contribution in [0.3, 0.4) is 0 Å². The molecule has 1 fully saturated rings. The quantitative estimate of drug-likeness (QED) is 0.766. The number of methoxy groups -OCH3 is 2. The van der Waals surface area contributed by atoms with Crippen molar-refractivity contribution >= 4 is 11.8 Å². The van der Waals surface area contributed by atoms with Crippen molar-refractivity contribution in [2.75, 3.05) is 14.2 Å². The van der Waals surface area contributed by atoms with E-state index < -0.39 is 0 Å². The van der Waals surface area contributed by atoms with E-state index in [-0.39, 0.29) is 23.8 Å². The Labute approximate surface area is 164 Å². The van der Waals surface area contributed by atoms with Crippen LogP contribution in [-0.2, 0) is 11.3 Å². The van der Waals surface area contributed by atoms with Gasteiger partial charge in [0.25, 0.3) is 5.91 Å². The van der Waals surface area contributed by atoms with Gasteiger partial charge in [-0.1, -0.05) is 18.6 Å². The number of benzene rings is 1. The molecule has 2 aromatic rings. The molecule has 0 unspecified atom stereocenters. The number of pyridine rings is 1. The summed E-state index contributed by atoms with van der Waals surface area (Å²) in [5.74, 6) is 0.741. The molecule has 0 spiro atoms. The highest BCUT2D eigenvalue weighted by atomic mass is 16.5. The predicted molar refractivity (Wildman–Crippen MR) is 104 cm³/mol. The van der Waals surface area contributed by atoms with Crippen molar-refractivity contribution in [3.63, 3.8) is 0 Å². The van der Waals surface area contributed by atoms with Crippen LogP contribution in [-0.4, -0.2) is 37.1 Å². The van der Waals surface area contributed by atoms with Gasteiger partial charge in [0.1, 0.15) is 5.75 Å². The number of rotatable bonds is 7. The second-order valence-corrected chi connectivity index (χ2v) is 6.77. The van der Waals surface area contributed by atoms with Gasteiger partial charge >= 0.3 is 0 Å². The van der Waals surface area contributed by atoms with Crippen LogP contribution in [0.2, 0.25) is 0 Å². The zero-order chi connectivity index (χ0) is 19.9. The monoisotopic (exact) mass is 383 g/mol. The lowest BCUT2D eigenvalue weighted by atomic mass is 10.0. The Morgan fingerprint density at radius 2 is 1.86 bits per heavy atom. The number of carbonyl (C=O) groups is 2. The lowest BCUT2D eigenvalue weighted by Crippen LogP contribution is -2.43. The van der Waals surface area contributed by atoms with Crippen molar-refractivity contribution in [3.8, 4) is 11.6 Å². The molecule has 3 rings (SSSR count). The van der Waals surface area contributed by atoms with E-state index in [2.05, 4.69) is 15.6 Å². The van der Waals surface area contributed by atoms with E-state index >= 15 is 0 Å². The van der Waals surface area contributed by atoms with Crippen molar-refractivity contribution in [2.24, 2.45) is 5.92 Å². The fraction of sp³-hybridized carbons (Fsp3) is 0.381. The van der Waals surface area contributed by atoms with Crippen molar-refractivity contribution in [1.29, 1.82) is 0 Å². The molecule has 0 saturated heterocycles. The first kappa shape index (κ1) is 19.7. The standard InChI is InChI=1S/C21H25N3O4/c1-27-16-9-6-14(7-10-16)12-23-21(26)17-4-3-5-18(17)24-20(25)15-8-11-19(28-2)22-13-15/h6-11,13,17-18H,3-5,12H2,1-2H3,(H,23,26)(H,24,25)/t17-,18+/m0/s1. The van der Waals surface area contributed by atoms with Crippen molar-refractivity contribution in [1.82, 2.24) is 15.6 Å². The Morgan fingerprint density at radius 1 is 1.07 bits per heavy atom. The second-order valence-electron chi connectivity index (χ2n) is 6.77. The van der Waals surface area contributed by atoms with Gasteiger partial charge in [0.05, 0.1) is 25.7 Å². The number of aromatic nitrogens is 1. The average Bonchev–Trinajstić information content (AvgIpc) is 3.20. The van der Waals surface area contributed by atoms with Gasteiger partial charge < -0.3 is 20.1 Å². The Hall–Kier alpha value is -3.09. The third kappa shape index (κ3) is 4.79. The number of hydrogen-bond acceptors (Lipinski definition) is 5. The van der Waals surface area contributed by atoms with Gasteiger partial charge in [-0.3, -0.25) is 9.59 Å². The Bertz CT molecular complexity index is 805. The third-order valence-corrected chi connectivity index (χ3v) is 5.00. The fourth-order valence-electron chi connectivity index (χ4n) is 3.40. The molecule has 1 heterocycles. The van der Waals surface area contributed by atoms with Crippen LogP contribution in [0.25, 0.3) is 0 Å². The first-order chi connectivity index (χ1) is 13.6. The number of carbonyl (C=O) groups excluding carboxylic acids is 2.